The van der Waals surface area contributed by atoms with Gasteiger partial charge in [0.1, 0.15) is 0 Å². The van der Waals surface area contributed by atoms with Gasteiger partial charge in [0, 0.05) is 5.02 Å². The second-order valence-corrected chi connectivity index (χ2v) is 6.60. The third-order valence-corrected chi connectivity index (χ3v) is 5.21. The Balaban J connectivity index is 3.19. The quantitative estimate of drug-likeness (QED) is 0.873. The lowest BCUT2D eigenvalue weighted by molar-refractivity contribution is 0.191. The first-order chi connectivity index (χ1) is 8.25. The molecule has 0 saturated carbocycles. The van der Waals surface area contributed by atoms with Gasteiger partial charge < -0.3 is 5.11 Å². The standard InChI is InChI=1S/C12H18ClNO3S/c1-4-12(3,8-15)14-18(16,17)11-7-5-6-10(13)9(11)2/h5-7,14-15H,4,8H2,1-3H3. The molecule has 0 bridgehead atoms. The van der Waals surface area contributed by atoms with Gasteiger partial charge in [-0.3, -0.25) is 0 Å². The maximum absolute atomic E-state index is 12.3. The minimum atomic E-state index is -3.69. The molecule has 4 nitrogen and oxygen atoms in total. The summed E-state index contributed by atoms with van der Waals surface area (Å²) in [5, 5.41) is 9.67. The molecule has 1 unspecified atom stereocenters. The van der Waals surface area contributed by atoms with Crippen molar-refractivity contribution in [2.75, 3.05) is 6.61 Å². The van der Waals surface area contributed by atoms with Crippen molar-refractivity contribution >= 4 is 21.6 Å². The molecule has 0 radical (unpaired) electrons. The van der Waals surface area contributed by atoms with Crippen LogP contribution in [0.5, 0.6) is 0 Å². The number of aliphatic hydroxyl groups is 1. The summed E-state index contributed by atoms with van der Waals surface area (Å²) >= 11 is 5.92. The Morgan fingerprint density at radius 3 is 2.56 bits per heavy atom. The molecule has 1 aromatic rings. The number of sulfonamides is 1. The van der Waals surface area contributed by atoms with Gasteiger partial charge in [-0.25, -0.2) is 13.1 Å². The summed E-state index contributed by atoms with van der Waals surface area (Å²) in [6, 6.07) is 4.73. The highest BCUT2D eigenvalue weighted by Gasteiger charge is 2.29. The van der Waals surface area contributed by atoms with Crippen LogP contribution in [0.15, 0.2) is 23.1 Å². The van der Waals surface area contributed by atoms with Crippen LogP contribution >= 0.6 is 11.6 Å². The van der Waals surface area contributed by atoms with Crippen molar-refractivity contribution in [3.05, 3.63) is 28.8 Å². The summed E-state index contributed by atoms with van der Waals surface area (Å²) in [5.41, 5.74) is -0.365. The van der Waals surface area contributed by atoms with Gasteiger partial charge in [0.2, 0.25) is 10.0 Å². The van der Waals surface area contributed by atoms with E-state index in [2.05, 4.69) is 4.72 Å². The summed E-state index contributed by atoms with van der Waals surface area (Å²) in [6.07, 6.45) is 0.488. The molecule has 1 atom stereocenters. The highest BCUT2D eigenvalue weighted by Crippen LogP contribution is 2.24. The zero-order valence-electron chi connectivity index (χ0n) is 10.7. The van der Waals surface area contributed by atoms with E-state index in [1.54, 1.807) is 26.0 Å². The number of nitrogens with one attached hydrogen (secondary N) is 1. The number of benzene rings is 1. The van der Waals surface area contributed by atoms with Crippen LogP contribution in [0.4, 0.5) is 0 Å². The number of hydrogen-bond acceptors (Lipinski definition) is 3. The SMILES string of the molecule is CCC(C)(CO)NS(=O)(=O)c1cccc(Cl)c1C. The molecule has 0 saturated heterocycles. The van der Waals surface area contributed by atoms with Crippen LogP contribution < -0.4 is 4.72 Å². The normalized spacial score (nSPS) is 15.4. The van der Waals surface area contributed by atoms with E-state index in [1.807, 2.05) is 6.92 Å². The van der Waals surface area contributed by atoms with E-state index in [4.69, 9.17) is 11.6 Å². The zero-order valence-corrected chi connectivity index (χ0v) is 12.3. The van der Waals surface area contributed by atoms with Gasteiger partial charge in [-0.05, 0) is 38.0 Å². The lowest BCUT2D eigenvalue weighted by atomic mass is 10.0. The first kappa shape index (κ1) is 15.4. The average Bonchev–Trinajstić information content (AvgIpc) is 2.31. The van der Waals surface area contributed by atoms with Crippen LogP contribution in [-0.2, 0) is 10.0 Å². The fourth-order valence-corrected chi connectivity index (χ4v) is 3.44. The predicted octanol–water partition coefficient (Wildman–Crippen LogP) is 2.09. The number of hydrogen-bond donors (Lipinski definition) is 2. The number of halogens is 1. The summed E-state index contributed by atoms with van der Waals surface area (Å²) in [6.45, 7) is 4.86. The van der Waals surface area contributed by atoms with Crippen molar-refractivity contribution in [2.24, 2.45) is 0 Å². The first-order valence-electron chi connectivity index (χ1n) is 5.66. The number of rotatable bonds is 5. The molecule has 0 amide bonds. The second kappa shape index (κ2) is 5.57. The van der Waals surface area contributed by atoms with E-state index in [-0.39, 0.29) is 11.5 Å². The van der Waals surface area contributed by atoms with Gasteiger partial charge in [0.15, 0.2) is 0 Å². The fraction of sp³-hybridized carbons (Fsp3) is 0.500. The molecule has 18 heavy (non-hydrogen) atoms. The third kappa shape index (κ3) is 3.23. The zero-order chi connectivity index (χ0) is 14.0. The Morgan fingerprint density at radius 2 is 2.06 bits per heavy atom. The van der Waals surface area contributed by atoms with Crippen LogP contribution in [0.1, 0.15) is 25.8 Å². The van der Waals surface area contributed by atoms with Gasteiger partial charge in [-0.15, -0.1) is 0 Å². The maximum Gasteiger partial charge on any atom is 0.241 e. The minimum absolute atomic E-state index is 0.142. The lowest BCUT2D eigenvalue weighted by Gasteiger charge is -2.27. The van der Waals surface area contributed by atoms with Crippen LogP contribution in [0.3, 0.4) is 0 Å². The van der Waals surface area contributed by atoms with Crippen molar-refractivity contribution in [3.8, 4) is 0 Å². The highest BCUT2D eigenvalue weighted by atomic mass is 35.5. The second-order valence-electron chi connectivity index (χ2n) is 4.54. The molecule has 0 aliphatic heterocycles. The topological polar surface area (TPSA) is 66.4 Å². The molecule has 0 fully saturated rings. The average molecular weight is 292 g/mol. The molecule has 2 N–H and O–H groups in total. The smallest absolute Gasteiger partial charge is 0.241 e. The van der Waals surface area contributed by atoms with E-state index in [0.717, 1.165) is 0 Å². The van der Waals surface area contributed by atoms with E-state index in [0.29, 0.717) is 17.0 Å². The highest BCUT2D eigenvalue weighted by molar-refractivity contribution is 7.89. The van der Waals surface area contributed by atoms with E-state index < -0.39 is 15.6 Å². The molecule has 1 rings (SSSR count). The number of aliphatic hydroxyl groups excluding tert-OH is 1. The van der Waals surface area contributed by atoms with Gasteiger partial charge in [-0.1, -0.05) is 24.6 Å². The molecule has 102 valence electrons. The van der Waals surface area contributed by atoms with Crippen molar-refractivity contribution in [1.82, 2.24) is 4.72 Å². The van der Waals surface area contributed by atoms with E-state index >= 15 is 0 Å². The molecule has 0 aromatic heterocycles. The Morgan fingerprint density at radius 1 is 1.44 bits per heavy atom. The molecular formula is C12H18ClNO3S. The summed E-state index contributed by atoms with van der Waals surface area (Å²) in [7, 11) is -3.69. The van der Waals surface area contributed by atoms with E-state index in [1.165, 1.54) is 6.07 Å². The Kier molecular flexibility index (Phi) is 4.78. The minimum Gasteiger partial charge on any atom is -0.394 e. The van der Waals surface area contributed by atoms with Crippen molar-refractivity contribution < 1.29 is 13.5 Å². The lowest BCUT2D eigenvalue weighted by Crippen LogP contribution is -2.48. The first-order valence-corrected chi connectivity index (χ1v) is 7.52. The summed E-state index contributed by atoms with van der Waals surface area (Å²) < 4.78 is 27.0. The molecule has 0 heterocycles. The van der Waals surface area contributed by atoms with E-state index in [9.17, 15) is 13.5 Å². The molecule has 6 heteroatoms. The van der Waals surface area contributed by atoms with Crippen LogP contribution in [0, 0.1) is 6.92 Å². The van der Waals surface area contributed by atoms with Crippen molar-refractivity contribution in [2.45, 2.75) is 37.6 Å². The Bertz CT molecular complexity index is 524. The summed E-state index contributed by atoms with van der Waals surface area (Å²) in [5.74, 6) is 0. The molecule has 0 spiro atoms. The molecule has 0 aliphatic carbocycles. The Hall–Kier alpha value is -0.620. The summed E-state index contributed by atoms with van der Waals surface area (Å²) in [4.78, 5) is 0.142. The Labute approximate surface area is 113 Å². The maximum atomic E-state index is 12.3. The fourth-order valence-electron chi connectivity index (χ4n) is 1.47. The predicted molar refractivity (Wildman–Crippen MR) is 72.3 cm³/mol. The monoisotopic (exact) mass is 291 g/mol. The van der Waals surface area contributed by atoms with Crippen molar-refractivity contribution in [1.29, 1.82) is 0 Å². The molecule has 0 aliphatic rings. The van der Waals surface area contributed by atoms with Gasteiger partial charge in [-0.2, -0.15) is 0 Å². The van der Waals surface area contributed by atoms with Crippen molar-refractivity contribution in [3.63, 3.8) is 0 Å². The van der Waals surface area contributed by atoms with Crippen LogP contribution in [0.2, 0.25) is 5.02 Å². The largest absolute Gasteiger partial charge is 0.394 e. The van der Waals surface area contributed by atoms with Gasteiger partial charge in [0.05, 0.1) is 17.0 Å². The third-order valence-electron chi connectivity index (χ3n) is 3.02. The van der Waals surface area contributed by atoms with Crippen LogP contribution in [-0.4, -0.2) is 25.7 Å². The molecule has 1 aromatic carbocycles. The van der Waals surface area contributed by atoms with Gasteiger partial charge in [0.25, 0.3) is 0 Å². The molecular weight excluding hydrogens is 274 g/mol. The van der Waals surface area contributed by atoms with Crippen LogP contribution in [0.25, 0.3) is 0 Å². The van der Waals surface area contributed by atoms with Gasteiger partial charge >= 0.3 is 0 Å².